The molecular weight excluding hydrogens is 268 g/mol. The first-order valence-corrected chi connectivity index (χ1v) is 6.72. The van der Waals surface area contributed by atoms with E-state index in [2.05, 4.69) is 9.55 Å². The fourth-order valence-corrected chi connectivity index (χ4v) is 3.19. The Hall–Kier alpha value is -1.70. The Morgan fingerprint density at radius 1 is 1.47 bits per heavy atom. The second-order valence-electron chi connectivity index (χ2n) is 2.85. The summed E-state index contributed by atoms with van der Waals surface area (Å²) in [6.07, 6.45) is 1.01. The molecule has 1 aliphatic heterocycles. The number of isocyanates is 1. The van der Waals surface area contributed by atoms with Gasteiger partial charge in [0.25, 0.3) is 22.0 Å². The Morgan fingerprint density at radius 2 is 2.29 bits per heavy atom. The van der Waals surface area contributed by atoms with Crippen LogP contribution in [0.5, 0.6) is 0 Å². The highest BCUT2D eigenvalue weighted by atomic mass is 32.2. The topological polar surface area (TPSA) is 94.4 Å². The van der Waals surface area contributed by atoms with E-state index in [0.29, 0.717) is 6.61 Å². The molecule has 1 aromatic heterocycles. The molecule has 0 unspecified atom stereocenters. The van der Waals surface area contributed by atoms with Gasteiger partial charge in [0.05, 0.1) is 0 Å². The summed E-state index contributed by atoms with van der Waals surface area (Å²) < 4.78 is 31.1. The van der Waals surface area contributed by atoms with Gasteiger partial charge in [-0.05, 0) is 16.6 Å². The molecule has 2 rings (SSSR count). The molecule has 0 atom stereocenters. The molecule has 0 saturated carbocycles. The quantitative estimate of drug-likeness (QED) is 0.590. The van der Waals surface area contributed by atoms with Gasteiger partial charge in [-0.1, -0.05) is 4.40 Å². The summed E-state index contributed by atoms with van der Waals surface area (Å²) in [5.41, 5.74) is 0. The van der Waals surface area contributed by atoms with Crippen molar-refractivity contribution in [3.05, 3.63) is 16.3 Å². The van der Waals surface area contributed by atoms with E-state index in [1.54, 1.807) is 0 Å². The standard InChI is InChI=1S/C8H6N2O5S2/c11-5-9-17(12,13)6-1-4-16-7(6)8-10-15-3-2-14-8/h1,4H,2-3H2. The lowest BCUT2D eigenvalue weighted by molar-refractivity contribution is 0.0656. The van der Waals surface area contributed by atoms with Crippen LogP contribution in [0.4, 0.5) is 0 Å². The number of carbonyl (C=O) groups excluding carboxylic acids is 1. The van der Waals surface area contributed by atoms with Crippen molar-refractivity contribution in [2.24, 2.45) is 9.55 Å². The normalized spacial score (nSPS) is 15.2. The maximum atomic E-state index is 11.6. The van der Waals surface area contributed by atoms with Gasteiger partial charge in [-0.15, -0.1) is 11.3 Å². The van der Waals surface area contributed by atoms with Crippen LogP contribution in [0.2, 0.25) is 0 Å². The second-order valence-corrected chi connectivity index (χ2v) is 5.34. The first-order chi connectivity index (χ1) is 8.15. The van der Waals surface area contributed by atoms with E-state index in [0.717, 1.165) is 17.4 Å². The van der Waals surface area contributed by atoms with Crippen LogP contribution in [-0.2, 0) is 24.4 Å². The number of rotatable bonds is 3. The third kappa shape index (κ3) is 2.36. The Bertz CT molecular complexity index is 597. The summed E-state index contributed by atoms with van der Waals surface area (Å²) in [5, 5.41) is 5.14. The van der Waals surface area contributed by atoms with E-state index in [-0.39, 0.29) is 22.3 Å². The molecule has 0 N–H and O–H groups in total. The Morgan fingerprint density at radius 3 is 2.94 bits per heavy atom. The van der Waals surface area contributed by atoms with Crippen LogP contribution in [0.25, 0.3) is 0 Å². The van der Waals surface area contributed by atoms with Gasteiger partial charge in [0.15, 0.2) is 6.61 Å². The summed E-state index contributed by atoms with van der Waals surface area (Å²) in [4.78, 5) is 15.0. The molecule has 0 saturated heterocycles. The van der Waals surface area contributed by atoms with Gasteiger partial charge in [0.2, 0.25) is 0 Å². The minimum atomic E-state index is -4.05. The highest BCUT2D eigenvalue weighted by Crippen LogP contribution is 2.25. The van der Waals surface area contributed by atoms with Crippen LogP contribution in [-0.4, -0.2) is 33.6 Å². The highest BCUT2D eigenvalue weighted by molar-refractivity contribution is 7.90. The smallest absolute Gasteiger partial charge is 0.294 e. The SMILES string of the molecule is O=C=NS(=O)(=O)c1ccsc1C1=NOCCO1. The lowest BCUT2D eigenvalue weighted by Crippen LogP contribution is -2.17. The predicted octanol–water partition coefficient (Wildman–Crippen LogP) is 0.481. The molecule has 0 spiro atoms. The number of hydrogen-bond donors (Lipinski definition) is 0. The predicted molar refractivity (Wildman–Crippen MR) is 58.1 cm³/mol. The van der Waals surface area contributed by atoms with Crippen LogP contribution in [0, 0.1) is 0 Å². The number of hydrogen-bond acceptors (Lipinski definition) is 7. The van der Waals surface area contributed by atoms with Crippen LogP contribution in [0.1, 0.15) is 4.88 Å². The molecule has 1 aromatic rings. The molecule has 9 heteroatoms. The van der Waals surface area contributed by atoms with Crippen molar-refractivity contribution >= 4 is 33.3 Å². The molecule has 17 heavy (non-hydrogen) atoms. The minimum Gasteiger partial charge on any atom is -0.471 e. The second kappa shape index (κ2) is 4.66. The van der Waals surface area contributed by atoms with Crippen molar-refractivity contribution in [2.75, 3.05) is 13.2 Å². The van der Waals surface area contributed by atoms with Crippen LogP contribution in [0.3, 0.4) is 0 Å². The molecule has 0 bridgehead atoms. The fourth-order valence-electron chi connectivity index (χ4n) is 1.17. The van der Waals surface area contributed by atoms with Crippen LogP contribution < -0.4 is 0 Å². The van der Waals surface area contributed by atoms with Gasteiger partial charge in [0, 0.05) is 0 Å². The molecule has 0 amide bonds. The molecule has 90 valence electrons. The van der Waals surface area contributed by atoms with E-state index in [1.165, 1.54) is 11.4 Å². The zero-order valence-electron chi connectivity index (χ0n) is 8.32. The number of thiophene rings is 1. The third-order valence-electron chi connectivity index (χ3n) is 1.82. The zero-order chi connectivity index (χ0) is 12.3. The maximum absolute atomic E-state index is 11.6. The maximum Gasteiger partial charge on any atom is 0.294 e. The Labute approximate surface area is 100 Å². The van der Waals surface area contributed by atoms with Gasteiger partial charge in [0.1, 0.15) is 16.4 Å². The zero-order valence-corrected chi connectivity index (χ0v) is 9.95. The number of oxime groups is 1. The van der Waals surface area contributed by atoms with Gasteiger partial charge in [-0.3, -0.25) is 0 Å². The first kappa shape index (κ1) is 11.8. The van der Waals surface area contributed by atoms with Gasteiger partial charge in [-0.25, -0.2) is 4.79 Å². The lowest BCUT2D eigenvalue weighted by atomic mass is 10.4. The van der Waals surface area contributed by atoms with Gasteiger partial charge in [-0.2, -0.15) is 8.42 Å². The van der Waals surface area contributed by atoms with E-state index >= 15 is 0 Å². The average molecular weight is 274 g/mol. The summed E-state index contributed by atoms with van der Waals surface area (Å²) in [6, 6.07) is 1.32. The van der Waals surface area contributed by atoms with Crippen LogP contribution >= 0.6 is 11.3 Å². The van der Waals surface area contributed by atoms with E-state index in [1.807, 2.05) is 0 Å². The molecule has 7 nitrogen and oxygen atoms in total. The van der Waals surface area contributed by atoms with Crippen molar-refractivity contribution in [3.63, 3.8) is 0 Å². The monoisotopic (exact) mass is 274 g/mol. The average Bonchev–Trinajstić information content (AvgIpc) is 2.79. The molecule has 0 fully saturated rings. The minimum absolute atomic E-state index is 0.0749. The van der Waals surface area contributed by atoms with E-state index in [4.69, 9.17) is 9.57 Å². The Balaban J connectivity index is 2.48. The van der Waals surface area contributed by atoms with E-state index < -0.39 is 10.0 Å². The lowest BCUT2D eigenvalue weighted by Gasteiger charge is -2.12. The first-order valence-electron chi connectivity index (χ1n) is 4.40. The van der Waals surface area contributed by atoms with Gasteiger partial charge >= 0.3 is 0 Å². The summed E-state index contributed by atoms with van der Waals surface area (Å²) >= 11 is 1.10. The summed E-state index contributed by atoms with van der Waals surface area (Å²) in [7, 11) is -4.05. The summed E-state index contributed by atoms with van der Waals surface area (Å²) in [5.74, 6) is 0.0749. The molecule has 1 aliphatic rings. The third-order valence-corrected chi connectivity index (χ3v) is 4.06. The molecule has 0 radical (unpaired) electrons. The van der Waals surface area contributed by atoms with Crippen molar-refractivity contribution in [1.82, 2.24) is 0 Å². The largest absolute Gasteiger partial charge is 0.471 e. The van der Waals surface area contributed by atoms with Crippen LogP contribution in [0.15, 0.2) is 25.9 Å². The Kier molecular flexibility index (Phi) is 3.23. The number of ether oxygens (including phenoxy) is 1. The van der Waals surface area contributed by atoms with Crippen molar-refractivity contribution < 1.29 is 22.8 Å². The number of nitrogens with zero attached hydrogens (tertiary/aromatic N) is 2. The van der Waals surface area contributed by atoms with Crippen molar-refractivity contribution in [1.29, 1.82) is 0 Å². The molecular formula is C8H6N2O5S2. The van der Waals surface area contributed by atoms with E-state index in [9.17, 15) is 13.2 Å². The number of sulfonamides is 1. The van der Waals surface area contributed by atoms with Crippen molar-refractivity contribution in [3.8, 4) is 0 Å². The van der Waals surface area contributed by atoms with Gasteiger partial charge < -0.3 is 9.57 Å². The molecule has 2 heterocycles. The fraction of sp³-hybridized carbons (Fsp3) is 0.250. The highest BCUT2D eigenvalue weighted by Gasteiger charge is 2.25. The van der Waals surface area contributed by atoms with Crippen molar-refractivity contribution in [2.45, 2.75) is 4.90 Å². The summed E-state index contributed by atoms with van der Waals surface area (Å²) in [6.45, 7) is 0.594. The molecule has 0 aromatic carbocycles. The molecule has 0 aliphatic carbocycles.